The van der Waals surface area contributed by atoms with E-state index >= 15 is 0 Å². The number of rotatable bonds is 2. The van der Waals surface area contributed by atoms with Crippen molar-refractivity contribution in [2.24, 2.45) is 0 Å². The van der Waals surface area contributed by atoms with Gasteiger partial charge in [0.1, 0.15) is 5.82 Å². The van der Waals surface area contributed by atoms with E-state index in [0.717, 1.165) is 49.2 Å². The lowest BCUT2D eigenvalue weighted by molar-refractivity contribution is 0.199. The third kappa shape index (κ3) is 2.40. The minimum atomic E-state index is 0.126. The van der Waals surface area contributed by atoms with E-state index in [0.29, 0.717) is 12.0 Å². The number of fused-ring (bicyclic) bond motifs is 4. The summed E-state index contributed by atoms with van der Waals surface area (Å²) in [5.41, 5.74) is 2.32. The van der Waals surface area contributed by atoms with E-state index in [1.165, 1.54) is 5.56 Å². The van der Waals surface area contributed by atoms with Crippen LogP contribution in [0.1, 0.15) is 30.1 Å². The van der Waals surface area contributed by atoms with Crippen LogP contribution >= 0.6 is 0 Å². The topological polar surface area (TPSA) is 38.1 Å². The van der Waals surface area contributed by atoms with E-state index in [2.05, 4.69) is 35.2 Å². The van der Waals surface area contributed by atoms with Crippen molar-refractivity contribution in [2.75, 3.05) is 6.54 Å². The minimum Gasteiger partial charge on any atom is -0.296 e. The zero-order valence-electron chi connectivity index (χ0n) is 14.1. The molecule has 1 aromatic heterocycles. The molecule has 3 heterocycles. The molecule has 126 valence electrons. The summed E-state index contributed by atoms with van der Waals surface area (Å²) in [6.07, 6.45) is 2.12. The van der Waals surface area contributed by atoms with Crippen LogP contribution in [0.3, 0.4) is 0 Å². The summed E-state index contributed by atoms with van der Waals surface area (Å²) in [7, 11) is 0. The fourth-order valence-corrected chi connectivity index (χ4v) is 4.56. The van der Waals surface area contributed by atoms with E-state index in [1.54, 1.807) is 0 Å². The molecule has 4 heteroatoms. The number of hydrogen-bond acceptors (Lipinski definition) is 3. The van der Waals surface area contributed by atoms with Crippen molar-refractivity contribution in [3.63, 3.8) is 0 Å². The van der Waals surface area contributed by atoms with Gasteiger partial charge in [-0.2, -0.15) is 0 Å². The molecule has 4 nitrogen and oxygen atoms in total. The molecule has 1 saturated heterocycles. The Bertz CT molecular complexity index is 979. The first-order chi connectivity index (χ1) is 12.3. The summed E-state index contributed by atoms with van der Waals surface area (Å²) in [6, 6.07) is 18.9. The SMILES string of the molecule is O=c1c2ccccc2nc2n1CC[C@@H]1[C@H]2CCN1Cc1ccccc1. The van der Waals surface area contributed by atoms with E-state index in [4.69, 9.17) is 4.98 Å². The summed E-state index contributed by atoms with van der Waals surface area (Å²) in [4.78, 5) is 20.3. The minimum absolute atomic E-state index is 0.126. The van der Waals surface area contributed by atoms with Crippen LogP contribution in [0.25, 0.3) is 10.9 Å². The molecule has 0 spiro atoms. The molecular weight excluding hydrogens is 310 g/mol. The van der Waals surface area contributed by atoms with Gasteiger partial charge in [-0.15, -0.1) is 0 Å². The van der Waals surface area contributed by atoms with Crippen LogP contribution in [-0.2, 0) is 13.1 Å². The molecule has 5 rings (SSSR count). The lowest BCUT2D eigenvalue weighted by atomic mass is 9.92. The second kappa shape index (κ2) is 5.81. The van der Waals surface area contributed by atoms with Gasteiger partial charge in [-0.3, -0.25) is 14.3 Å². The molecule has 0 saturated carbocycles. The van der Waals surface area contributed by atoms with Crippen molar-refractivity contribution in [1.29, 1.82) is 0 Å². The maximum atomic E-state index is 12.8. The number of likely N-dealkylation sites (tertiary alicyclic amines) is 1. The molecule has 2 aromatic carbocycles. The molecule has 0 unspecified atom stereocenters. The first-order valence-electron chi connectivity index (χ1n) is 9.09. The van der Waals surface area contributed by atoms with Crippen molar-refractivity contribution < 1.29 is 0 Å². The smallest absolute Gasteiger partial charge is 0.261 e. The Kier molecular flexibility index (Phi) is 3.45. The highest BCUT2D eigenvalue weighted by atomic mass is 16.1. The van der Waals surface area contributed by atoms with E-state index in [9.17, 15) is 4.79 Å². The largest absolute Gasteiger partial charge is 0.296 e. The number of para-hydroxylation sites is 1. The highest BCUT2D eigenvalue weighted by Crippen LogP contribution is 2.38. The molecule has 2 aliphatic rings. The maximum absolute atomic E-state index is 12.8. The van der Waals surface area contributed by atoms with E-state index < -0.39 is 0 Å². The number of benzene rings is 2. The summed E-state index contributed by atoms with van der Waals surface area (Å²) >= 11 is 0. The van der Waals surface area contributed by atoms with Crippen molar-refractivity contribution in [3.8, 4) is 0 Å². The quantitative estimate of drug-likeness (QED) is 0.724. The van der Waals surface area contributed by atoms with Crippen molar-refractivity contribution in [1.82, 2.24) is 14.5 Å². The van der Waals surface area contributed by atoms with Gasteiger partial charge in [-0.25, -0.2) is 4.98 Å². The number of hydrogen-bond donors (Lipinski definition) is 0. The molecular formula is C21H21N3O. The van der Waals surface area contributed by atoms with Gasteiger partial charge in [-0.05, 0) is 37.1 Å². The Morgan fingerprint density at radius 2 is 1.76 bits per heavy atom. The van der Waals surface area contributed by atoms with Crippen LogP contribution in [0.4, 0.5) is 0 Å². The fraction of sp³-hybridized carbons (Fsp3) is 0.333. The monoisotopic (exact) mass is 331 g/mol. The average molecular weight is 331 g/mol. The molecule has 0 bridgehead atoms. The van der Waals surface area contributed by atoms with E-state index in [-0.39, 0.29) is 5.56 Å². The van der Waals surface area contributed by atoms with Crippen LogP contribution in [0.15, 0.2) is 59.4 Å². The maximum Gasteiger partial charge on any atom is 0.261 e. The lowest BCUT2D eigenvalue weighted by Crippen LogP contribution is -2.40. The highest BCUT2D eigenvalue weighted by molar-refractivity contribution is 5.77. The molecule has 3 aromatic rings. The Morgan fingerprint density at radius 3 is 2.64 bits per heavy atom. The predicted molar refractivity (Wildman–Crippen MR) is 98.6 cm³/mol. The molecule has 0 N–H and O–H groups in total. The normalized spacial score (nSPS) is 22.7. The van der Waals surface area contributed by atoms with Crippen LogP contribution in [0.5, 0.6) is 0 Å². The van der Waals surface area contributed by atoms with Gasteiger partial charge in [0.25, 0.3) is 5.56 Å². The third-order valence-electron chi connectivity index (χ3n) is 5.76. The van der Waals surface area contributed by atoms with Crippen molar-refractivity contribution in [2.45, 2.75) is 37.9 Å². The molecule has 0 aliphatic carbocycles. The molecule has 25 heavy (non-hydrogen) atoms. The Labute approximate surface area is 146 Å². The van der Waals surface area contributed by atoms with Gasteiger partial charge < -0.3 is 0 Å². The third-order valence-corrected chi connectivity index (χ3v) is 5.76. The average Bonchev–Trinajstić information content (AvgIpc) is 3.06. The van der Waals surface area contributed by atoms with Gasteiger partial charge in [-0.1, -0.05) is 42.5 Å². The second-order valence-electron chi connectivity index (χ2n) is 7.15. The van der Waals surface area contributed by atoms with Crippen LogP contribution in [0.2, 0.25) is 0 Å². The molecule has 0 amide bonds. The van der Waals surface area contributed by atoms with Gasteiger partial charge >= 0.3 is 0 Å². The van der Waals surface area contributed by atoms with Gasteiger partial charge in [0.2, 0.25) is 0 Å². The van der Waals surface area contributed by atoms with Crippen LogP contribution in [0, 0.1) is 0 Å². The van der Waals surface area contributed by atoms with Crippen molar-refractivity contribution in [3.05, 3.63) is 76.3 Å². The fourth-order valence-electron chi connectivity index (χ4n) is 4.56. The molecule has 1 fully saturated rings. The summed E-state index contributed by atoms with van der Waals surface area (Å²) in [5, 5.41) is 0.740. The Balaban J connectivity index is 1.51. The first kappa shape index (κ1) is 14.8. The second-order valence-corrected chi connectivity index (χ2v) is 7.15. The Morgan fingerprint density at radius 1 is 0.960 bits per heavy atom. The predicted octanol–water partition coefficient (Wildman–Crippen LogP) is 3.16. The summed E-state index contributed by atoms with van der Waals surface area (Å²) in [6.45, 7) is 2.84. The van der Waals surface area contributed by atoms with Crippen LogP contribution < -0.4 is 5.56 Å². The Hall–Kier alpha value is -2.46. The zero-order valence-corrected chi connectivity index (χ0v) is 14.1. The van der Waals surface area contributed by atoms with Crippen LogP contribution in [-0.4, -0.2) is 27.0 Å². The number of aromatic nitrogens is 2. The highest BCUT2D eigenvalue weighted by Gasteiger charge is 2.40. The summed E-state index contributed by atoms with van der Waals surface area (Å²) < 4.78 is 1.93. The van der Waals surface area contributed by atoms with Gasteiger partial charge in [0.05, 0.1) is 10.9 Å². The lowest BCUT2D eigenvalue weighted by Gasteiger charge is -2.33. The summed E-state index contributed by atoms with van der Waals surface area (Å²) in [5.74, 6) is 1.37. The molecule has 2 aliphatic heterocycles. The molecule has 2 atom stereocenters. The molecule has 0 radical (unpaired) electrons. The van der Waals surface area contributed by atoms with Crippen molar-refractivity contribution >= 4 is 10.9 Å². The van der Waals surface area contributed by atoms with E-state index in [1.807, 2.05) is 28.8 Å². The van der Waals surface area contributed by atoms with Gasteiger partial charge in [0, 0.05) is 25.0 Å². The number of nitrogens with zero attached hydrogens (tertiary/aromatic N) is 3. The first-order valence-corrected chi connectivity index (χ1v) is 9.09. The van der Waals surface area contributed by atoms with Gasteiger partial charge in [0.15, 0.2) is 0 Å². The zero-order chi connectivity index (χ0) is 16.8. The standard InChI is InChI=1S/C21H21N3O/c25-21-16-8-4-5-9-18(16)22-20-17-10-12-23(19(17)11-13-24(20)21)14-15-6-2-1-3-7-15/h1-9,17,19H,10-14H2/t17-,19-/m1/s1.